The minimum atomic E-state index is -0.591. The minimum Gasteiger partial charge on any atom is -0.508 e. The zero-order valence-corrected chi connectivity index (χ0v) is 13.7. The first-order chi connectivity index (χ1) is 11.2. The fourth-order valence-electron chi connectivity index (χ4n) is 1.80. The van der Waals surface area contributed by atoms with E-state index in [0.717, 1.165) is 0 Å². The lowest BCUT2D eigenvalue weighted by Gasteiger charge is -2.19. The lowest BCUT2D eigenvalue weighted by molar-refractivity contribution is 0.0635. The molecule has 0 bridgehead atoms. The largest absolute Gasteiger partial charge is 0.508 e. The first kappa shape index (κ1) is 17.3. The van der Waals surface area contributed by atoms with Crippen LogP contribution in [0.15, 0.2) is 42.6 Å². The number of aromatic nitrogens is 1. The van der Waals surface area contributed by atoms with E-state index in [1.807, 2.05) is 0 Å². The number of amides is 2. The van der Waals surface area contributed by atoms with Crippen molar-refractivity contribution in [3.63, 3.8) is 0 Å². The highest BCUT2D eigenvalue weighted by atomic mass is 16.6. The predicted octanol–water partition coefficient (Wildman–Crippen LogP) is 3.39. The number of phenolic OH excluding ortho intramolecular Hbond substituents is 1. The van der Waals surface area contributed by atoms with Crippen LogP contribution in [0.2, 0.25) is 0 Å². The molecular formula is C17H19N3O4. The molecule has 2 aromatic rings. The molecule has 7 nitrogen and oxygen atoms in total. The molecule has 2 amide bonds. The molecule has 0 aliphatic heterocycles. The third kappa shape index (κ3) is 5.28. The second kappa shape index (κ2) is 6.99. The Kier molecular flexibility index (Phi) is 5.03. The van der Waals surface area contributed by atoms with Gasteiger partial charge in [0.2, 0.25) is 0 Å². The first-order valence-corrected chi connectivity index (χ1v) is 7.29. The number of aromatic hydroxyl groups is 1. The van der Waals surface area contributed by atoms with E-state index >= 15 is 0 Å². The first-order valence-electron chi connectivity index (χ1n) is 7.29. The molecule has 0 radical (unpaired) electrons. The molecule has 126 valence electrons. The van der Waals surface area contributed by atoms with Gasteiger partial charge < -0.3 is 15.2 Å². The molecule has 1 aromatic heterocycles. The number of anilines is 2. The van der Waals surface area contributed by atoms with Gasteiger partial charge in [0.1, 0.15) is 17.2 Å². The lowest BCUT2D eigenvalue weighted by Crippen LogP contribution is -2.27. The summed E-state index contributed by atoms with van der Waals surface area (Å²) in [5, 5.41) is 14.5. The van der Waals surface area contributed by atoms with Gasteiger partial charge in [-0.3, -0.25) is 10.1 Å². The van der Waals surface area contributed by atoms with Gasteiger partial charge in [-0.15, -0.1) is 0 Å². The van der Waals surface area contributed by atoms with Gasteiger partial charge in [0, 0.05) is 5.56 Å². The van der Waals surface area contributed by atoms with Crippen LogP contribution in [0.25, 0.3) is 0 Å². The van der Waals surface area contributed by atoms with Crippen LogP contribution in [0.4, 0.5) is 16.3 Å². The number of pyridine rings is 1. The molecule has 24 heavy (non-hydrogen) atoms. The molecule has 2 rings (SSSR count). The Morgan fingerprint density at radius 3 is 2.46 bits per heavy atom. The molecule has 0 saturated carbocycles. The summed E-state index contributed by atoms with van der Waals surface area (Å²) < 4.78 is 5.13. The van der Waals surface area contributed by atoms with Crippen LogP contribution in [-0.4, -0.2) is 27.7 Å². The number of hydrogen-bond acceptors (Lipinski definition) is 5. The van der Waals surface area contributed by atoms with Crippen molar-refractivity contribution in [1.29, 1.82) is 0 Å². The van der Waals surface area contributed by atoms with Crippen molar-refractivity contribution in [1.82, 2.24) is 4.98 Å². The van der Waals surface area contributed by atoms with Crippen LogP contribution in [0, 0.1) is 0 Å². The van der Waals surface area contributed by atoms with Gasteiger partial charge in [0.05, 0.1) is 11.9 Å². The molecular weight excluding hydrogens is 310 g/mol. The number of nitrogens with one attached hydrogen (secondary N) is 2. The molecule has 0 atom stereocenters. The zero-order valence-electron chi connectivity index (χ0n) is 13.7. The van der Waals surface area contributed by atoms with Crippen molar-refractivity contribution in [2.45, 2.75) is 26.4 Å². The van der Waals surface area contributed by atoms with E-state index in [4.69, 9.17) is 4.74 Å². The highest BCUT2D eigenvalue weighted by Gasteiger charge is 2.16. The quantitative estimate of drug-likeness (QED) is 0.801. The third-order valence-electron chi connectivity index (χ3n) is 2.76. The van der Waals surface area contributed by atoms with E-state index in [-0.39, 0.29) is 5.75 Å². The summed E-state index contributed by atoms with van der Waals surface area (Å²) in [5.74, 6) is -0.0724. The SMILES string of the molecule is CC(C)(C)OC(=O)Nc1ccc(NC(=O)c2cccc(O)c2)nc1. The Hall–Kier alpha value is -3.09. The zero-order chi connectivity index (χ0) is 17.7. The molecule has 1 heterocycles. The van der Waals surface area contributed by atoms with Crippen molar-refractivity contribution in [2.75, 3.05) is 10.6 Å². The second-order valence-corrected chi connectivity index (χ2v) is 6.06. The minimum absolute atomic E-state index is 0.00696. The molecule has 1 aromatic carbocycles. The molecule has 0 saturated heterocycles. The summed E-state index contributed by atoms with van der Waals surface area (Å²) in [6.07, 6.45) is 0.822. The van der Waals surface area contributed by atoms with Crippen LogP contribution in [0.1, 0.15) is 31.1 Å². The summed E-state index contributed by atoms with van der Waals surface area (Å²) in [6, 6.07) is 9.13. The van der Waals surface area contributed by atoms with Gasteiger partial charge >= 0.3 is 6.09 Å². The summed E-state index contributed by atoms with van der Waals surface area (Å²) >= 11 is 0. The van der Waals surface area contributed by atoms with Crippen LogP contribution < -0.4 is 10.6 Å². The number of carbonyl (C=O) groups excluding carboxylic acids is 2. The molecule has 7 heteroatoms. The number of hydrogen-bond donors (Lipinski definition) is 3. The molecule has 0 spiro atoms. The topological polar surface area (TPSA) is 101 Å². The van der Waals surface area contributed by atoms with Crippen LogP contribution in [0.3, 0.4) is 0 Å². The molecule has 0 unspecified atom stereocenters. The Morgan fingerprint density at radius 1 is 1.12 bits per heavy atom. The van der Waals surface area contributed by atoms with Gasteiger partial charge in [0.25, 0.3) is 5.91 Å². The average Bonchev–Trinajstić information content (AvgIpc) is 2.47. The third-order valence-corrected chi connectivity index (χ3v) is 2.76. The normalized spacial score (nSPS) is 10.8. The Labute approximate surface area is 139 Å². The standard InChI is InChI=1S/C17H19N3O4/c1-17(2,3)24-16(23)19-12-7-8-14(18-10-12)20-15(22)11-5-4-6-13(21)9-11/h4-10,21H,1-3H3,(H,19,23)(H,18,20,22). The lowest BCUT2D eigenvalue weighted by atomic mass is 10.2. The van der Waals surface area contributed by atoms with E-state index in [0.29, 0.717) is 17.1 Å². The fourth-order valence-corrected chi connectivity index (χ4v) is 1.80. The fraction of sp³-hybridized carbons (Fsp3) is 0.235. The molecule has 0 aliphatic rings. The van der Waals surface area contributed by atoms with Gasteiger partial charge in [-0.05, 0) is 51.1 Å². The van der Waals surface area contributed by atoms with Gasteiger partial charge in [-0.25, -0.2) is 9.78 Å². The average molecular weight is 329 g/mol. The number of nitrogens with zero attached hydrogens (tertiary/aromatic N) is 1. The van der Waals surface area contributed by atoms with Crippen LogP contribution >= 0.6 is 0 Å². The van der Waals surface area contributed by atoms with E-state index in [2.05, 4.69) is 15.6 Å². The Balaban J connectivity index is 1.97. The maximum absolute atomic E-state index is 12.0. The number of rotatable bonds is 3. The molecule has 0 fully saturated rings. The summed E-state index contributed by atoms with van der Waals surface area (Å²) in [5.41, 5.74) is 0.166. The number of ether oxygens (including phenoxy) is 1. The number of carbonyl (C=O) groups is 2. The van der Waals surface area contributed by atoms with Gasteiger partial charge in [-0.2, -0.15) is 0 Å². The van der Waals surface area contributed by atoms with E-state index in [9.17, 15) is 14.7 Å². The summed E-state index contributed by atoms with van der Waals surface area (Å²) in [7, 11) is 0. The highest BCUT2D eigenvalue weighted by Crippen LogP contribution is 2.15. The van der Waals surface area contributed by atoms with Crippen molar-refractivity contribution in [3.8, 4) is 5.75 Å². The van der Waals surface area contributed by atoms with Gasteiger partial charge in [-0.1, -0.05) is 6.07 Å². The Bertz CT molecular complexity index is 736. The van der Waals surface area contributed by atoms with Crippen molar-refractivity contribution >= 4 is 23.5 Å². The van der Waals surface area contributed by atoms with Crippen molar-refractivity contribution in [2.24, 2.45) is 0 Å². The van der Waals surface area contributed by atoms with Crippen molar-refractivity contribution < 1.29 is 19.4 Å². The molecule has 0 aliphatic carbocycles. The van der Waals surface area contributed by atoms with E-state index < -0.39 is 17.6 Å². The van der Waals surface area contributed by atoms with E-state index in [1.165, 1.54) is 18.3 Å². The van der Waals surface area contributed by atoms with Crippen LogP contribution in [0.5, 0.6) is 5.75 Å². The summed E-state index contributed by atoms with van der Waals surface area (Å²) in [6.45, 7) is 5.31. The Morgan fingerprint density at radius 2 is 1.88 bits per heavy atom. The van der Waals surface area contributed by atoms with E-state index in [1.54, 1.807) is 45.0 Å². The monoisotopic (exact) mass is 329 g/mol. The maximum atomic E-state index is 12.0. The summed E-state index contributed by atoms with van der Waals surface area (Å²) in [4.78, 5) is 27.7. The number of benzene rings is 1. The van der Waals surface area contributed by atoms with Gasteiger partial charge in [0.15, 0.2) is 0 Å². The van der Waals surface area contributed by atoms with Crippen molar-refractivity contribution in [3.05, 3.63) is 48.2 Å². The second-order valence-electron chi connectivity index (χ2n) is 6.06. The molecule has 3 N–H and O–H groups in total. The highest BCUT2D eigenvalue weighted by molar-refractivity contribution is 6.04. The smallest absolute Gasteiger partial charge is 0.412 e. The number of phenols is 1. The maximum Gasteiger partial charge on any atom is 0.412 e. The predicted molar refractivity (Wildman–Crippen MR) is 90.2 cm³/mol. The van der Waals surface area contributed by atoms with Crippen LogP contribution in [-0.2, 0) is 4.74 Å².